The summed E-state index contributed by atoms with van der Waals surface area (Å²) >= 11 is 0. The Morgan fingerprint density at radius 2 is 1.95 bits per heavy atom. The topological polar surface area (TPSA) is 69.6 Å². The third-order valence-corrected chi connectivity index (χ3v) is 5.12. The van der Waals surface area contributed by atoms with E-state index in [9.17, 15) is 14.7 Å². The fourth-order valence-electron chi connectivity index (χ4n) is 3.46. The number of urea groups is 1. The van der Waals surface area contributed by atoms with Crippen LogP contribution in [0.2, 0.25) is 0 Å². The van der Waals surface area contributed by atoms with Crippen LogP contribution in [-0.2, 0) is 4.79 Å². The maximum atomic E-state index is 12.4. The zero-order valence-corrected chi connectivity index (χ0v) is 12.7. The average molecular weight is 282 g/mol. The molecule has 0 aromatic carbocycles. The minimum Gasteiger partial charge on any atom is -0.481 e. The van der Waals surface area contributed by atoms with Crippen molar-refractivity contribution < 1.29 is 14.7 Å². The van der Waals surface area contributed by atoms with E-state index in [1.165, 1.54) is 0 Å². The number of nitrogens with one attached hydrogen (secondary N) is 1. The molecule has 1 heterocycles. The molecule has 0 aromatic rings. The molecule has 2 rings (SSSR count). The Morgan fingerprint density at radius 1 is 1.25 bits per heavy atom. The highest BCUT2D eigenvalue weighted by Crippen LogP contribution is 2.38. The maximum absolute atomic E-state index is 12.4. The first-order valence-electron chi connectivity index (χ1n) is 7.65. The van der Waals surface area contributed by atoms with Gasteiger partial charge in [-0.3, -0.25) is 4.79 Å². The van der Waals surface area contributed by atoms with Gasteiger partial charge in [-0.2, -0.15) is 0 Å². The molecule has 0 aromatic heterocycles. The minimum atomic E-state index is -0.819. The van der Waals surface area contributed by atoms with Crippen molar-refractivity contribution in [3.63, 3.8) is 0 Å². The molecule has 20 heavy (non-hydrogen) atoms. The molecule has 2 aliphatic rings. The molecule has 1 aliphatic carbocycles. The van der Waals surface area contributed by atoms with Crippen LogP contribution in [0.25, 0.3) is 0 Å². The third kappa shape index (κ3) is 2.76. The van der Waals surface area contributed by atoms with Gasteiger partial charge < -0.3 is 15.3 Å². The van der Waals surface area contributed by atoms with Crippen molar-refractivity contribution in [1.29, 1.82) is 0 Å². The van der Waals surface area contributed by atoms with Gasteiger partial charge in [-0.1, -0.05) is 13.3 Å². The van der Waals surface area contributed by atoms with E-state index in [4.69, 9.17) is 0 Å². The van der Waals surface area contributed by atoms with E-state index in [2.05, 4.69) is 19.2 Å². The van der Waals surface area contributed by atoms with Gasteiger partial charge in [0.1, 0.15) is 0 Å². The summed E-state index contributed by atoms with van der Waals surface area (Å²) in [4.78, 5) is 25.8. The number of carbonyl (C=O) groups is 2. The Bertz CT molecular complexity index is 399. The second-order valence-electron chi connectivity index (χ2n) is 6.80. The molecule has 114 valence electrons. The van der Waals surface area contributed by atoms with Gasteiger partial charge in [0.05, 0.1) is 5.41 Å². The molecule has 1 saturated carbocycles. The Kier molecular flexibility index (Phi) is 4.25. The van der Waals surface area contributed by atoms with Gasteiger partial charge in [-0.25, -0.2) is 4.79 Å². The van der Waals surface area contributed by atoms with Crippen molar-refractivity contribution in [2.75, 3.05) is 6.54 Å². The van der Waals surface area contributed by atoms with Gasteiger partial charge in [0.2, 0.25) is 0 Å². The van der Waals surface area contributed by atoms with Crippen LogP contribution in [0.1, 0.15) is 52.9 Å². The normalized spacial score (nSPS) is 37.8. The number of aliphatic carboxylic acids is 1. The number of hydrogen-bond acceptors (Lipinski definition) is 2. The van der Waals surface area contributed by atoms with Crippen molar-refractivity contribution in [2.24, 2.45) is 11.3 Å². The van der Waals surface area contributed by atoms with Gasteiger partial charge in [0.15, 0.2) is 0 Å². The molecule has 5 heteroatoms. The van der Waals surface area contributed by atoms with Crippen LogP contribution in [0, 0.1) is 11.3 Å². The zero-order valence-electron chi connectivity index (χ0n) is 12.7. The molecule has 2 amide bonds. The SMILES string of the molecule is CC1CCC(C)N(C(=O)NC2CCCC2(C)C(=O)O)C1. The van der Waals surface area contributed by atoms with Crippen molar-refractivity contribution >= 4 is 12.0 Å². The number of piperidine rings is 1. The Hall–Kier alpha value is -1.26. The maximum Gasteiger partial charge on any atom is 0.317 e. The molecule has 0 radical (unpaired) electrons. The van der Waals surface area contributed by atoms with E-state index >= 15 is 0 Å². The van der Waals surface area contributed by atoms with Gasteiger partial charge in [0, 0.05) is 18.6 Å². The van der Waals surface area contributed by atoms with Crippen LogP contribution in [-0.4, -0.2) is 40.6 Å². The van der Waals surface area contributed by atoms with E-state index in [1.54, 1.807) is 6.92 Å². The number of nitrogens with zero attached hydrogens (tertiary/aromatic N) is 1. The number of carboxylic acids is 1. The first-order chi connectivity index (χ1) is 9.34. The highest BCUT2D eigenvalue weighted by atomic mass is 16.4. The lowest BCUT2D eigenvalue weighted by atomic mass is 9.85. The van der Waals surface area contributed by atoms with E-state index < -0.39 is 11.4 Å². The molecule has 4 atom stereocenters. The van der Waals surface area contributed by atoms with Gasteiger partial charge in [0.25, 0.3) is 0 Å². The summed E-state index contributed by atoms with van der Waals surface area (Å²) in [5.74, 6) is -0.285. The van der Waals surface area contributed by atoms with E-state index in [1.807, 2.05) is 4.90 Å². The number of carbonyl (C=O) groups excluding carboxylic acids is 1. The molecule has 4 unspecified atom stereocenters. The predicted octanol–water partition coefficient (Wildman–Crippen LogP) is 2.46. The number of amides is 2. The first kappa shape index (κ1) is 15.1. The average Bonchev–Trinajstić information content (AvgIpc) is 2.75. The van der Waals surface area contributed by atoms with E-state index in [0.717, 1.165) is 32.2 Å². The summed E-state index contributed by atoms with van der Waals surface area (Å²) in [6.45, 7) is 6.73. The molecule has 0 bridgehead atoms. The monoisotopic (exact) mass is 282 g/mol. The molecule has 2 fully saturated rings. The predicted molar refractivity (Wildman–Crippen MR) is 76.5 cm³/mol. The minimum absolute atomic E-state index is 0.0941. The fourth-order valence-corrected chi connectivity index (χ4v) is 3.46. The van der Waals surface area contributed by atoms with Crippen LogP contribution >= 0.6 is 0 Å². The largest absolute Gasteiger partial charge is 0.481 e. The molecule has 1 aliphatic heterocycles. The molecular weight excluding hydrogens is 256 g/mol. The van der Waals surface area contributed by atoms with Crippen molar-refractivity contribution in [2.45, 2.75) is 65.0 Å². The van der Waals surface area contributed by atoms with Crippen LogP contribution < -0.4 is 5.32 Å². The summed E-state index contributed by atoms with van der Waals surface area (Å²) in [6.07, 6.45) is 4.43. The highest BCUT2D eigenvalue weighted by molar-refractivity contribution is 5.79. The number of carboxylic acid groups (broad SMARTS) is 1. The number of likely N-dealkylation sites (tertiary alicyclic amines) is 1. The molecule has 2 N–H and O–H groups in total. The second-order valence-corrected chi connectivity index (χ2v) is 6.80. The molecular formula is C15H26N2O3. The first-order valence-corrected chi connectivity index (χ1v) is 7.65. The Labute approximate surface area is 120 Å². The number of hydrogen-bond donors (Lipinski definition) is 2. The quantitative estimate of drug-likeness (QED) is 0.817. The lowest BCUT2D eigenvalue weighted by Gasteiger charge is -2.38. The van der Waals surface area contributed by atoms with Crippen molar-refractivity contribution in [1.82, 2.24) is 10.2 Å². The van der Waals surface area contributed by atoms with Crippen LogP contribution in [0.3, 0.4) is 0 Å². The van der Waals surface area contributed by atoms with E-state index in [0.29, 0.717) is 12.3 Å². The van der Waals surface area contributed by atoms with Crippen molar-refractivity contribution in [3.05, 3.63) is 0 Å². The fraction of sp³-hybridized carbons (Fsp3) is 0.867. The molecule has 1 saturated heterocycles. The third-order valence-electron chi connectivity index (χ3n) is 5.12. The summed E-state index contributed by atoms with van der Waals surface area (Å²) in [6, 6.07) is -0.107. The van der Waals surface area contributed by atoms with Gasteiger partial charge >= 0.3 is 12.0 Å². The summed E-state index contributed by atoms with van der Waals surface area (Å²) in [5, 5.41) is 12.4. The van der Waals surface area contributed by atoms with Crippen molar-refractivity contribution in [3.8, 4) is 0 Å². The Balaban J connectivity index is 2.02. The highest BCUT2D eigenvalue weighted by Gasteiger charge is 2.46. The van der Waals surface area contributed by atoms with Gasteiger partial charge in [-0.15, -0.1) is 0 Å². The standard InChI is InChI=1S/C15H26N2O3/c1-10-6-7-11(2)17(9-10)14(20)16-12-5-4-8-15(12,3)13(18)19/h10-12H,4-9H2,1-3H3,(H,16,20)(H,18,19). The molecule has 0 spiro atoms. The Morgan fingerprint density at radius 3 is 2.60 bits per heavy atom. The summed E-state index contributed by atoms with van der Waals surface area (Å²) in [7, 11) is 0. The summed E-state index contributed by atoms with van der Waals surface area (Å²) < 4.78 is 0. The van der Waals surface area contributed by atoms with Crippen LogP contribution in [0.4, 0.5) is 4.79 Å². The number of rotatable bonds is 2. The van der Waals surface area contributed by atoms with E-state index in [-0.39, 0.29) is 18.1 Å². The molecule has 5 nitrogen and oxygen atoms in total. The zero-order chi connectivity index (χ0) is 14.9. The van der Waals surface area contributed by atoms with Crippen LogP contribution in [0.5, 0.6) is 0 Å². The van der Waals surface area contributed by atoms with Gasteiger partial charge in [-0.05, 0) is 45.4 Å². The lowest BCUT2D eigenvalue weighted by molar-refractivity contribution is -0.148. The van der Waals surface area contributed by atoms with Crippen LogP contribution in [0.15, 0.2) is 0 Å². The smallest absolute Gasteiger partial charge is 0.317 e. The lowest BCUT2D eigenvalue weighted by Crippen LogP contribution is -2.55. The summed E-state index contributed by atoms with van der Waals surface area (Å²) in [5.41, 5.74) is -0.819. The second kappa shape index (κ2) is 5.62.